The zero-order valence-corrected chi connectivity index (χ0v) is 19.8. The van der Waals surface area contributed by atoms with Crippen LogP contribution in [-0.2, 0) is 14.4 Å². The van der Waals surface area contributed by atoms with Gasteiger partial charge in [-0.15, -0.1) is 0 Å². The lowest BCUT2D eigenvalue weighted by atomic mass is 9.99. The van der Waals surface area contributed by atoms with Gasteiger partial charge in [0.05, 0.1) is 31.8 Å². The molecule has 0 aromatic heterocycles. The Bertz CT molecular complexity index is 1010. The number of carbonyl (C=O) groups excluding carboxylic acids is 3. The predicted molar refractivity (Wildman–Crippen MR) is 127 cm³/mol. The van der Waals surface area contributed by atoms with E-state index in [0.717, 1.165) is 11.1 Å². The number of carbonyl (C=O) groups is 3. The van der Waals surface area contributed by atoms with E-state index in [0.29, 0.717) is 17.9 Å². The van der Waals surface area contributed by atoms with Crippen molar-refractivity contribution in [3.63, 3.8) is 0 Å². The highest BCUT2D eigenvalue weighted by molar-refractivity contribution is 5.94. The maximum atomic E-state index is 13.2. The number of nitrogens with one attached hydrogen (secondary N) is 2. The highest BCUT2D eigenvalue weighted by Crippen LogP contribution is 2.37. The minimum Gasteiger partial charge on any atom is -0.497 e. The van der Waals surface area contributed by atoms with E-state index >= 15 is 0 Å². The van der Waals surface area contributed by atoms with Gasteiger partial charge in [-0.25, -0.2) is 0 Å². The standard InChI is InChI=1S/C25H32N4O4/c1-16-11-12-19(33-5)13-20(16)27-23(31)15-29-22(25(32)28(3)4)14-21(26-17(2)30)24(29)18-9-7-6-8-10-18/h6-13,21-22,24H,14-15H2,1-5H3,(H,26,30)(H,27,31)/t21-,22-,24-/m0/s1. The largest absolute Gasteiger partial charge is 0.497 e. The molecule has 0 radical (unpaired) electrons. The van der Waals surface area contributed by atoms with Crippen LogP contribution in [0.1, 0.15) is 30.5 Å². The van der Waals surface area contributed by atoms with Gasteiger partial charge in [0.1, 0.15) is 5.75 Å². The van der Waals surface area contributed by atoms with E-state index in [1.54, 1.807) is 27.3 Å². The first-order chi connectivity index (χ1) is 15.7. The Morgan fingerprint density at radius 2 is 1.82 bits per heavy atom. The predicted octanol–water partition coefficient (Wildman–Crippen LogP) is 2.35. The second kappa shape index (κ2) is 10.5. The Hall–Kier alpha value is -3.39. The number of ether oxygens (including phenoxy) is 1. The third-order valence-electron chi connectivity index (χ3n) is 5.92. The first-order valence-electron chi connectivity index (χ1n) is 10.9. The van der Waals surface area contributed by atoms with Gasteiger partial charge in [-0.2, -0.15) is 0 Å². The van der Waals surface area contributed by atoms with Crippen molar-refractivity contribution >= 4 is 23.4 Å². The summed E-state index contributed by atoms with van der Waals surface area (Å²) < 4.78 is 5.27. The summed E-state index contributed by atoms with van der Waals surface area (Å²) in [5.74, 6) is 0.127. The zero-order chi connectivity index (χ0) is 24.1. The Balaban J connectivity index is 1.93. The van der Waals surface area contributed by atoms with Crippen molar-refractivity contribution in [1.82, 2.24) is 15.1 Å². The highest BCUT2D eigenvalue weighted by Gasteiger charge is 2.46. The molecular formula is C25H32N4O4. The van der Waals surface area contributed by atoms with Gasteiger partial charge >= 0.3 is 0 Å². The Kier molecular flexibility index (Phi) is 7.71. The highest BCUT2D eigenvalue weighted by atomic mass is 16.5. The monoisotopic (exact) mass is 452 g/mol. The van der Waals surface area contributed by atoms with Crippen molar-refractivity contribution in [1.29, 1.82) is 0 Å². The van der Waals surface area contributed by atoms with Crippen LogP contribution in [0.5, 0.6) is 5.75 Å². The lowest BCUT2D eigenvalue weighted by molar-refractivity contribution is -0.134. The molecule has 1 fully saturated rings. The minimum atomic E-state index is -0.542. The third kappa shape index (κ3) is 5.70. The smallest absolute Gasteiger partial charge is 0.239 e. The van der Waals surface area contributed by atoms with Crippen LogP contribution >= 0.6 is 0 Å². The van der Waals surface area contributed by atoms with Crippen molar-refractivity contribution < 1.29 is 19.1 Å². The van der Waals surface area contributed by atoms with Crippen LogP contribution in [0, 0.1) is 6.92 Å². The number of amides is 3. The van der Waals surface area contributed by atoms with Gasteiger partial charge in [-0.05, 0) is 30.5 Å². The molecule has 8 nitrogen and oxygen atoms in total. The van der Waals surface area contributed by atoms with Gasteiger partial charge in [0.25, 0.3) is 0 Å². The van der Waals surface area contributed by atoms with Gasteiger partial charge in [-0.3, -0.25) is 19.3 Å². The maximum absolute atomic E-state index is 13.2. The summed E-state index contributed by atoms with van der Waals surface area (Å²) in [7, 11) is 4.97. The van der Waals surface area contributed by atoms with E-state index < -0.39 is 6.04 Å². The fraction of sp³-hybridized carbons (Fsp3) is 0.400. The van der Waals surface area contributed by atoms with Crippen molar-refractivity contribution in [2.75, 3.05) is 33.1 Å². The van der Waals surface area contributed by atoms with Crippen LogP contribution in [0.15, 0.2) is 48.5 Å². The number of hydrogen-bond acceptors (Lipinski definition) is 5. The second-order valence-electron chi connectivity index (χ2n) is 8.55. The molecule has 1 heterocycles. The molecule has 0 bridgehead atoms. The van der Waals surface area contributed by atoms with E-state index in [1.165, 1.54) is 11.8 Å². The molecule has 0 spiro atoms. The van der Waals surface area contributed by atoms with Crippen LogP contribution < -0.4 is 15.4 Å². The van der Waals surface area contributed by atoms with Gasteiger partial charge < -0.3 is 20.3 Å². The van der Waals surface area contributed by atoms with Crippen LogP contribution in [0.2, 0.25) is 0 Å². The number of methoxy groups -OCH3 is 1. The Morgan fingerprint density at radius 3 is 2.42 bits per heavy atom. The van der Waals surface area contributed by atoms with E-state index in [1.807, 2.05) is 54.3 Å². The maximum Gasteiger partial charge on any atom is 0.239 e. The molecule has 0 saturated carbocycles. The summed E-state index contributed by atoms with van der Waals surface area (Å²) in [5.41, 5.74) is 2.50. The molecule has 1 aliphatic heterocycles. The summed E-state index contributed by atoms with van der Waals surface area (Å²) >= 11 is 0. The summed E-state index contributed by atoms with van der Waals surface area (Å²) in [6, 6.07) is 14.0. The number of benzene rings is 2. The normalized spacial score (nSPS) is 20.2. The average Bonchev–Trinajstić information content (AvgIpc) is 3.11. The lowest BCUT2D eigenvalue weighted by Crippen LogP contribution is -2.46. The minimum absolute atomic E-state index is 0.00343. The summed E-state index contributed by atoms with van der Waals surface area (Å²) in [6.07, 6.45) is 0.418. The number of aryl methyl sites for hydroxylation is 1. The van der Waals surface area contributed by atoms with Crippen LogP contribution in [0.4, 0.5) is 5.69 Å². The zero-order valence-electron chi connectivity index (χ0n) is 19.8. The fourth-order valence-electron chi connectivity index (χ4n) is 4.37. The molecule has 3 amide bonds. The van der Waals surface area contributed by atoms with Gasteiger partial charge in [0, 0.05) is 32.8 Å². The van der Waals surface area contributed by atoms with E-state index in [-0.39, 0.29) is 36.3 Å². The van der Waals surface area contributed by atoms with Crippen molar-refractivity contribution in [3.8, 4) is 5.75 Å². The molecule has 2 aromatic carbocycles. The molecule has 0 aliphatic carbocycles. The van der Waals surface area contributed by atoms with Crippen LogP contribution in [-0.4, -0.2) is 67.4 Å². The quantitative estimate of drug-likeness (QED) is 0.673. The first kappa shape index (κ1) is 24.3. The van der Waals surface area contributed by atoms with Gasteiger partial charge in [0.15, 0.2) is 0 Å². The van der Waals surface area contributed by atoms with Crippen molar-refractivity contribution in [3.05, 3.63) is 59.7 Å². The molecule has 2 N–H and O–H groups in total. The van der Waals surface area contributed by atoms with E-state index in [9.17, 15) is 14.4 Å². The summed E-state index contributed by atoms with van der Waals surface area (Å²) in [4.78, 5) is 41.6. The molecule has 176 valence electrons. The number of hydrogen-bond donors (Lipinski definition) is 2. The summed E-state index contributed by atoms with van der Waals surface area (Å²) in [5, 5.41) is 5.95. The molecule has 1 saturated heterocycles. The number of rotatable bonds is 7. The third-order valence-corrected chi connectivity index (χ3v) is 5.92. The van der Waals surface area contributed by atoms with Crippen molar-refractivity contribution in [2.45, 2.75) is 38.4 Å². The van der Waals surface area contributed by atoms with E-state index in [4.69, 9.17) is 4.74 Å². The molecular weight excluding hydrogens is 420 g/mol. The van der Waals surface area contributed by atoms with E-state index in [2.05, 4.69) is 10.6 Å². The van der Waals surface area contributed by atoms with Gasteiger partial charge in [-0.1, -0.05) is 36.4 Å². The lowest BCUT2D eigenvalue weighted by Gasteiger charge is -2.32. The van der Waals surface area contributed by atoms with Crippen LogP contribution in [0.3, 0.4) is 0 Å². The molecule has 3 rings (SSSR count). The first-order valence-corrected chi connectivity index (χ1v) is 10.9. The molecule has 33 heavy (non-hydrogen) atoms. The Labute approximate surface area is 194 Å². The average molecular weight is 453 g/mol. The molecule has 8 heteroatoms. The van der Waals surface area contributed by atoms with Gasteiger partial charge in [0.2, 0.25) is 17.7 Å². The van der Waals surface area contributed by atoms with Crippen LogP contribution in [0.25, 0.3) is 0 Å². The number of likely N-dealkylation sites (N-methyl/N-ethyl adjacent to an activating group) is 1. The molecule has 0 unspecified atom stereocenters. The molecule has 2 aromatic rings. The Morgan fingerprint density at radius 1 is 1.12 bits per heavy atom. The number of nitrogens with zero attached hydrogens (tertiary/aromatic N) is 2. The number of likely N-dealkylation sites (tertiary alicyclic amines) is 1. The topological polar surface area (TPSA) is 91.0 Å². The second-order valence-corrected chi connectivity index (χ2v) is 8.55. The van der Waals surface area contributed by atoms with Crippen molar-refractivity contribution in [2.24, 2.45) is 0 Å². The molecule has 1 aliphatic rings. The number of anilines is 1. The molecule has 3 atom stereocenters. The fourth-order valence-corrected chi connectivity index (χ4v) is 4.37. The summed E-state index contributed by atoms with van der Waals surface area (Å²) in [6.45, 7) is 3.37. The SMILES string of the molecule is COc1ccc(C)c(NC(=O)CN2[C@H](C(=O)N(C)C)C[C@H](NC(C)=O)[C@@H]2c2ccccc2)c1.